The predicted octanol–water partition coefficient (Wildman–Crippen LogP) is 4.48. The van der Waals surface area contributed by atoms with Crippen LogP contribution < -0.4 is 0 Å². The van der Waals surface area contributed by atoms with Crippen LogP contribution in [0.2, 0.25) is 0 Å². The summed E-state index contributed by atoms with van der Waals surface area (Å²) in [6.45, 7) is 0. The van der Waals surface area contributed by atoms with Crippen molar-refractivity contribution < 1.29 is 4.79 Å². The third-order valence-electron chi connectivity index (χ3n) is 8.84. The predicted molar refractivity (Wildman–Crippen MR) is 97.8 cm³/mol. The highest BCUT2D eigenvalue weighted by atomic mass is 32.2. The number of thioether (sulfide) groups is 1. The quantitative estimate of drug-likeness (QED) is 0.645. The van der Waals surface area contributed by atoms with Gasteiger partial charge in [0, 0.05) is 28.5 Å². The van der Waals surface area contributed by atoms with E-state index in [1.165, 1.54) is 70.6 Å². The zero-order chi connectivity index (χ0) is 15.8. The van der Waals surface area contributed by atoms with Gasteiger partial charge < -0.3 is 4.90 Å². The largest absolute Gasteiger partial charge is 0.334 e. The highest BCUT2D eigenvalue weighted by molar-refractivity contribution is 8.00. The summed E-state index contributed by atoms with van der Waals surface area (Å²) < 4.78 is 0. The zero-order valence-corrected chi connectivity index (χ0v) is 15.6. The zero-order valence-electron chi connectivity index (χ0n) is 14.7. The topological polar surface area (TPSA) is 20.3 Å². The van der Waals surface area contributed by atoms with Crippen molar-refractivity contribution >= 4 is 17.7 Å². The fraction of sp³-hybridized carbons (Fsp3) is 0.952. The maximum Gasteiger partial charge on any atom is 0.226 e. The standard InChI is InChI=1S/C21H31NOS/c23-21-15-9-5-8-13-12-6-1-2-7-14(12)20-19(18(13)15)22(21)16-10-3-4-11-17(16)24-20/h12-20H,1-11H2. The summed E-state index contributed by atoms with van der Waals surface area (Å²) in [7, 11) is 0. The van der Waals surface area contributed by atoms with E-state index in [4.69, 9.17) is 0 Å². The Balaban J connectivity index is 1.46. The van der Waals surface area contributed by atoms with Crippen LogP contribution in [-0.2, 0) is 4.79 Å². The molecule has 6 fully saturated rings. The van der Waals surface area contributed by atoms with Gasteiger partial charge in [0.1, 0.15) is 0 Å². The monoisotopic (exact) mass is 345 g/mol. The molecule has 0 N–H and O–H groups in total. The smallest absolute Gasteiger partial charge is 0.226 e. The van der Waals surface area contributed by atoms with E-state index in [0.717, 1.165) is 34.2 Å². The van der Waals surface area contributed by atoms with Crippen molar-refractivity contribution in [2.75, 3.05) is 0 Å². The van der Waals surface area contributed by atoms with E-state index in [1.54, 1.807) is 0 Å². The number of amides is 1. The molecule has 6 rings (SSSR count). The lowest BCUT2D eigenvalue weighted by molar-refractivity contribution is -0.135. The van der Waals surface area contributed by atoms with Crippen LogP contribution in [0.4, 0.5) is 0 Å². The highest BCUT2D eigenvalue weighted by Crippen LogP contribution is 2.63. The average molecular weight is 346 g/mol. The van der Waals surface area contributed by atoms with Crippen molar-refractivity contribution in [3.8, 4) is 0 Å². The number of carbonyl (C=O) groups excluding carboxylic acids is 1. The van der Waals surface area contributed by atoms with E-state index in [1.807, 2.05) is 0 Å². The van der Waals surface area contributed by atoms with Gasteiger partial charge in [-0.2, -0.15) is 11.8 Å². The SMILES string of the molecule is O=C1C2CCCC3C4CCCCC4C4SC5CCCCC5N1C4C23. The van der Waals surface area contributed by atoms with Crippen LogP contribution in [0.15, 0.2) is 0 Å². The van der Waals surface area contributed by atoms with Crippen molar-refractivity contribution in [3.05, 3.63) is 0 Å². The van der Waals surface area contributed by atoms with E-state index < -0.39 is 0 Å². The van der Waals surface area contributed by atoms with Crippen molar-refractivity contribution in [2.24, 2.45) is 29.6 Å². The minimum atomic E-state index is 0.417. The Kier molecular flexibility index (Phi) is 3.37. The van der Waals surface area contributed by atoms with Gasteiger partial charge in [-0.05, 0) is 62.2 Å². The van der Waals surface area contributed by atoms with Gasteiger partial charge >= 0.3 is 0 Å². The van der Waals surface area contributed by atoms with Crippen molar-refractivity contribution in [3.63, 3.8) is 0 Å². The fourth-order valence-corrected chi connectivity index (χ4v) is 10.3. The molecule has 3 heteroatoms. The molecule has 0 aromatic carbocycles. The van der Waals surface area contributed by atoms with Crippen LogP contribution in [0, 0.1) is 29.6 Å². The molecular weight excluding hydrogens is 314 g/mol. The third-order valence-corrected chi connectivity index (χ3v) is 10.7. The molecule has 0 aromatic rings. The molecule has 0 spiro atoms. The second kappa shape index (κ2) is 5.41. The van der Waals surface area contributed by atoms with Gasteiger partial charge in [-0.1, -0.05) is 32.1 Å². The molecule has 2 nitrogen and oxygen atoms in total. The molecule has 9 atom stereocenters. The summed E-state index contributed by atoms with van der Waals surface area (Å²) in [5, 5.41) is 1.56. The molecule has 4 saturated carbocycles. The van der Waals surface area contributed by atoms with Crippen LogP contribution in [0.1, 0.15) is 70.6 Å². The second-order valence-electron chi connectivity index (χ2n) is 9.62. The number of nitrogens with zero attached hydrogens (tertiary/aromatic N) is 1. The van der Waals surface area contributed by atoms with Gasteiger partial charge in [0.25, 0.3) is 0 Å². The molecular formula is C21H31NOS. The number of hydrogen-bond acceptors (Lipinski definition) is 2. The lowest BCUT2D eigenvalue weighted by atomic mass is 9.54. The van der Waals surface area contributed by atoms with Crippen molar-refractivity contribution in [2.45, 2.75) is 93.2 Å². The van der Waals surface area contributed by atoms with E-state index in [2.05, 4.69) is 16.7 Å². The first-order valence-corrected chi connectivity index (χ1v) is 11.8. The molecule has 1 amide bonds. The first-order valence-electron chi connectivity index (χ1n) is 10.8. The lowest BCUT2D eigenvalue weighted by Gasteiger charge is -2.59. The molecule has 132 valence electrons. The molecule has 0 bridgehead atoms. The normalized spacial score (nSPS) is 55.6. The first kappa shape index (κ1) is 14.9. The van der Waals surface area contributed by atoms with Gasteiger partial charge in [0.2, 0.25) is 5.91 Å². The Morgan fingerprint density at radius 1 is 0.792 bits per heavy atom. The summed E-state index contributed by atoms with van der Waals surface area (Å²) in [6, 6.07) is 1.24. The Morgan fingerprint density at radius 2 is 1.54 bits per heavy atom. The highest BCUT2D eigenvalue weighted by Gasteiger charge is 2.65. The van der Waals surface area contributed by atoms with Gasteiger partial charge in [-0.15, -0.1) is 0 Å². The summed E-state index contributed by atoms with van der Waals surface area (Å²) in [5.74, 6) is 4.56. The fourth-order valence-electron chi connectivity index (χ4n) is 8.14. The summed E-state index contributed by atoms with van der Waals surface area (Å²) in [4.78, 5) is 16.0. The minimum Gasteiger partial charge on any atom is -0.334 e. The Morgan fingerprint density at radius 3 is 2.46 bits per heavy atom. The number of rotatable bonds is 0. The molecule has 24 heavy (non-hydrogen) atoms. The molecule has 2 aliphatic heterocycles. The first-order chi connectivity index (χ1) is 11.8. The van der Waals surface area contributed by atoms with Crippen LogP contribution in [0.5, 0.6) is 0 Å². The van der Waals surface area contributed by atoms with E-state index >= 15 is 0 Å². The van der Waals surface area contributed by atoms with E-state index in [0.29, 0.717) is 23.9 Å². The van der Waals surface area contributed by atoms with Crippen LogP contribution in [-0.4, -0.2) is 33.4 Å². The van der Waals surface area contributed by atoms with Gasteiger partial charge in [-0.3, -0.25) is 4.79 Å². The average Bonchev–Trinajstić information content (AvgIpc) is 2.95. The maximum absolute atomic E-state index is 13.5. The van der Waals surface area contributed by atoms with Gasteiger partial charge in [0.05, 0.1) is 0 Å². The number of carbonyl (C=O) groups is 1. The number of hydrogen-bond donors (Lipinski definition) is 0. The van der Waals surface area contributed by atoms with E-state index in [-0.39, 0.29) is 0 Å². The van der Waals surface area contributed by atoms with Crippen molar-refractivity contribution in [1.82, 2.24) is 4.90 Å². The number of fused-ring (bicyclic) bond motifs is 5. The van der Waals surface area contributed by atoms with Crippen LogP contribution >= 0.6 is 11.8 Å². The Hall–Kier alpha value is -0.180. The molecule has 4 aliphatic carbocycles. The van der Waals surface area contributed by atoms with Crippen LogP contribution in [0.3, 0.4) is 0 Å². The summed E-state index contributed by atoms with van der Waals surface area (Å²) in [6.07, 6.45) is 15.2. The summed E-state index contributed by atoms with van der Waals surface area (Å²) >= 11 is 2.38. The minimum absolute atomic E-state index is 0.417. The summed E-state index contributed by atoms with van der Waals surface area (Å²) in [5.41, 5.74) is 0. The Labute approximate surface area is 150 Å². The second-order valence-corrected chi connectivity index (χ2v) is 11.0. The molecule has 6 aliphatic rings. The molecule has 2 heterocycles. The van der Waals surface area contributed by atoms with Crippen molar-refractivity contribution in [1.29, 1.82) is 0 Å². The van der Waals surface area contributed by atoms with Gasteiger partial charge in [0.15, 0.2) is 0 Å². The molecule has 9 unspecified atom stereocenters. The maximum atomic E-state index is 13.5. The van der Waals surface area contributed by atoms with Crippen LogP contribution in [0.25, 0.3) is 0 Å². The molecule has 0 aromatic heterocycles. The van der Waals surface area contributed by atoms with E-state index in [9.17, 15) is 4.79 Å². The molecule has 0 radical (unpaired) electrons. The lowest BCUT2D eigenvalue weighted by Crippen LogP contribution is -2.63. The van der Waals surface area contributed by atoms with Gasteiger partial charge in [-0.25, -0.2) is 0 Å². The third kappa shape index (κ3) is 1.83. The molecule has 2 saturated heterocycles. The Bertz CT molecular complexity index is 550.